The Labute approximate surface area is 183 Å². The fourth-order valence-electron chi connectivity index (χ4n) is 2.92. The average molecular weight is 431 g/mol. The molecule has 0 radical (unpaired) electrons. The van der Waals surface area contributed by atoms with Gasteiger partial charge in [0, 0.05) is 27.7 Å². The van der Waals surface area contributed by atoms with Gasteiger partial charge in [0.2, 0.25) is 0 Å². The molecule has 4 rings (SSSR count). The molecule has 1 amide bonds. The predicted octanol–water partition coefficient (Wildman–Crippen LogP) is 5.58. The van der Waals surface area contributed by atoms with Crippen LogP contribution in [0.2, 0.25) is 0 Å². The number of nitrogens with zero attached hydrogens (tertiary/aromatic N) is 2. The third-order valence-electron chi connectivity index (χ3n) is 4.59. The zero-order valence-electron chi connectivity index (χ0n) is 16.7. The lowest BCUT2D eigenvalue weighted by Gasteiger charge is -2.11. The lowest BCUT2D eigenvalue weighted by Crippen LogP contribution is -2.13. The van der Waals surface area contributed by atoms with Crippen LogP contribution < -0.4 is 11.1 Å². The van der Waals surface area contributed by atoms with E-state index in [4.69, 9.17) is 5.73 Å². The molecule has 0 fully saturated rings. The zero-order chi connectivity index (χ0) is 21.8. The van der Waals surface area contributed by atoms with E-state index >= 15 is 0 Å². The van der Waals surface area contributed by atoms with Crippen LogP contribution in [0.5, 0.6) is 0 Å². The van der Waals surface area contributed by atoms with Gasteiger partial charge in [-0.25, -0.2) is 14.4 Å². The number of halogens is 1. The molecule has 5 nitrogen and oxygen atoms in total. The number of aromatic nitrogens is 2. The monoisotopic (exact) mass is 430 g/mol. The molecule has 1 aromatic heterocycles. The molecule has 7 heteroatoms. The number of benzene rings is 3. The molecule has 0 bridgehead atoms. The maximum absolute atomic E-state index is 13.2. The normalized spacial score (nSPS) is 10.6. The highest BCUT2D eigenvalue weighted by Crippen LogP contribution is 2.29. The van der Waals surface area contributed by atoms with Crippen molar-refractivity contribution in [3.05, 3.63) is 96.3 Å². The van der Waals surface area contributed by atoms with E-state index in [0.29, 0.717) is 16.9 Å². The Bertz CT molecular complexity index is 1210. The SMILES string of the molecule is Cc1ncc(Sc2ccc(C(=O)Nc3cc(-c4ccc(F)cc4)ccc3N)cc2)cn1. The Morgan fingerprint density at radius 3 is 2.23 bits per heavy atom. The maximum Gasteiger partial charge on any atom is 0.255 e. The van der Waals surface area contributed by atoms with E-state index in [1.54, 1.807) is 48.8 Å². The summed E-state index contributed by atoms with van der Waals surface area (Å²) in [6, 6.07) is 18.7. The largest absolute Gasteiger partial charge is 0.397 e. The van der Waals surface area contributed by atoms with Crippen molar-refractivity contribution in [3.63, 3.8) is 0 Å². The summed E-state index contributed by atoms with van der Waals surface area (Å²) in [7, 11) is 0. The second kappa shape index (κ2) is 8.97. The molecule has 0 saturated carbocycles. The summed E-state index contributed by atoms with van der Waals surface area (Å²) in [6.45, 7) is 1.84. The van der Waals surface area contributed by atoms with Gasteiger partial charge in [0.1, 0.15) is 11.6 Å². The number of nitrogens with one attached hydrogen (secondary N) is 1. The van der Waals surface area contributed by atoms with E-state index in [-0.39, 0.29) is 11.7 Å². The standard InChI is InChI=1S/C24H19FN4OS/c1-15-27-13-21(14-28-15)31-20-9-4-17(5-10-20)24(30)29-23-12-18(6-11-22(23)26)16-2-7-19(25)8-3-16/h2-14H,26H2,1H3,(H,29,30). The van der Waals surface area contributed by atoms with Crippen molar-refractivity contribution in [2.24, 2.45) is 0 Å². The summed E-state index contributed by atoms with van der Waals surface area (Å²) in [5, 5.41) is 2.86. The van der Waals surface area contributed by atoms with Crippen molar-refractivity contribution in [1.82, 2.24) is 9.97 Å². The summed E-state index contributed by atoms with van der Waals surface area (Å²) in [5.41, 5.74) is 9.17. The summed E-state index contributed by atoms with van der Waals surface area (Å²) >= 11 is 1.52. The van der Waals surface area contributed by atoms with Gasteiger partial charge >= 0.3 is 0 Å². The quantitative estimate of drug-likeness (QED) is 0.404. The van der Waals surface area contributed by atoms with Gasteiger partial charge in [0.05, 0.1) is 11.4 Å². The highest BCUT2D eigenvalue weighted by atomic mass is 32.2. The summed E-state index contributed by atoms with van der Waals surface area (Å²) in [5.74, 6) is 0.154. The number of aryl methyl sites for hydroxylation is 1. The molecule has 0 atom stereocenters. The first-order chi connectivity index (χ1) is 15.0. The number of anilines is 2. The van der Waals surface area contributed by atoms with Crippen LogP contribution in [0.3, 0.4) is 0 Å². The van der Waals surface area contributed by atoms with Crippen LogP contribution in [-0.2, 0) is 0 Å². The van der Waals surface area contributed by atoms with Crippen molar-refractivity contribution in [1.29, 1.82) is 0 Å². The fourth-order valence-corrected chi connectivity index (χ4v) is 3.68. The maximum atomic E-state index is 13.2. The van der Waals surface area contributed by atoms with Crippen LogP contribution in [0.25, 0.3) is 11.1 Å². The van der Waals surface area contributed by atoms with Gasteiger partial charge < -0.3 is 11.1 Å². The first-order valence-electron chi connectivity index (χ1n) is 9.51. The Morgan fingerprint density at radius 2 is 1.55 bits per heavy atom. The van der Waals surface area contributed by atoms with Gasteiger partial charge in [-0.05, 0) is 66.6 Å². The van der Waals surface area contributed by atoms with Crippen molar-refractivity contribution >= 4 is 29.0 Å². The molecule has 0 aliphatic heterocycles. The molecule has 0 aliphatic rings. The average Bonchev–Trinajstić information content (AvgIpc) is 2.78. The summed E-state index contributed by atoms with van der Waals surface area (Å²) in [4.78, 5) is 23.0. The van der Waals surface area contributed by atoms with E-state index in [1.807, 2.05) is 25.1 Å². The molecule has 0 spiro atoms. The number of amides is 1. The summed E-state index contributed by atoms with van der Waals surface area (Å²) in [6.07, 6.45) is 3.54. The lowest BCUT2D eigenvalue weighted by atomic mass is 10.0. The Morgan fingerprint density at radius 1 is 0.903 bits per heavy atom. The number of rotatable bonds is 5. The van der Waals surface area contributed by atoms with Gasteiger partial charge in [-0.15, -0.1) is 0 Å². The lowest BCUT2D eigenvalue weighted by molar-refractivity contribution is 0.102. The summed E-state index contributed by atoms with van der Waals surface area (Å²) < 4.78 is 13.2. The van der Waals surface area contributed by atoms with Crippen LogP contribution in [0.1, 0.15) is 16.2 Å². The molecule has 31 heavy (non-hydrogen) atoms. The molecule has 4 aromatic rings. The number of nitrogens with two attached hydrogens (primary N) is 1. The minimum Gasteiger partial charge on any atom is -0.397 e. The van der Waals surface area contributed by atoms with Crippen LogP contribution in [0, 0.1) is 12.7 Å². The third kappa shape index (κ3) is 5.07. The molecule has 0 unspecified atom stereocenters. The van der Waals surface area contributed by atoms with E-state index in [1.165, 1.54) is 23.9 Å². The minimum atomic E-state index is -0.302. The van der Waals surface area contributed by atoms with Crippen LogP contribution in [0.4, 0.5) is 15.8 Å². The molecule has 0 saturated heterocycles. The minimum absolute atomic E-state index is 0.266. The van der Waals surface area contributed by atoms with E-state index in [0.717, 1.165) is 26.7 Å². The first-order valence-corrected chi connectivity index (χ1v) is 10.3. The number of carbonyl (C=O) groups excluding carboxylic acids is 1. The van der Waals surface area contributed by atoms with Crippen molar-refractivity contribution in [2.45, 2.75) is 16.7 Å². The Kier molecular flexibility index (Phi) is 5.95. The topological polar surface area (TPSA) is 80.9 Å². The zero-order valence-corrected chi connectivity index (χ0v) is 17.5. The number of hydrogen-bond acceptors (Lipinski definition) is 5. The van der Waals surface area contributed by atoms with Crippen molar-refractivity contribution < 1.29 is 9.18 Å². The number of nitrogen functional groups attached to an aromatic ring is 1. The molecule has 1 heterocycles. The molecule has 3 aromatic carbocycles. The number of hydrogen-bond donors (Lipinski definition) is 2. The molecular weight excluding hydrogens is 411 g/mol. The van der Waals surface area contributed by atoms with Gasteiger partial charge in [-0.3, -0.25) is 4.79 Å². The van der Waals surface area contributed by atoms with Crippen LogP contribution in [0.15, 0.2) is 88.9 Å². The van der Waals surface area contributed by atoms with E-state index in [9.17, 15) is 9.18 Å². The third-order valence-corrected chi connectivity index (χ3v) is 5.54. The van der Waals surface area contributed by atoms with Gasteiger partial charge in [0.15, 0.2) is 0 Å². The Hall–Kier alpha value is -3.71. The van der Waals surface area contributed by atoms with E-state index in [2.05, 4.69) is 15.3 Å². The molecule has 3 N–H and O–H groups in total. The van der Waals surface area contributed by atoms with Crippen LogP contribution in [-0.4, -0.2) is 15.9 Å². The van der Waals surface area contributed by atoms with Gasteiger partial charge in [-0.2, -0.15) is 0 Å². The van der Waals surface area contributed by atoms with Gasteiger partial charge in [0.25, 0.3) is 5.91 Å². The Balaban J connectivity index is 1.48. The van der Waals surface area contributed by atoms with Crippen molar-refractivity contribution in [3.8, 4) is 11.1 Å². The van der Waals surface area contributed by atoms with Crippen LogP contribution >= 0.6 is 11.8 Å². The molecule has 0 aliphatic carbocycles. The predicted molar refractivity (Wildman–Crippen MR) is 122 cm³/mol. The van der Waals surface area contributed by atoms with E-state index < -0.39 is 0 Å². The fraction of sp³-hybridized carbons (Fsp3) is 0.0417. The number of carbonyl (C=O) groups is 1. The first kappa shape index (κ1) is 20.6. The van der Waals surface area contributed by atoms with Crippen molar-refractivity contribution in [2.75, 3.05) is 11.1 Å². The second-order valence-electron chi connectivity index (χ2n) is 6.86. The molecule has 154 valence electrons. The smallest absolute Gasteiger partial charge is 0.255 e. The van der Waals surface area contributed by atoms with Gasteiger partial charge in [-0.1, -0.05) is 30.0 Å². The highest BCUT2D eigenvalue weighted by Gasteiger charge is 2.10. The highest BCUT2D eigenvalue weighted by molar-refractivity contribution is 7.99. The second-order valence-corrected chi connectivity index (χ2v) is 8.00. The molecular formula is C24H19FN4OS.